The first-order valence-electron chi connectivity index (χ1n) is 6.32. The zero-order chi connectivity index (χ0) is 12.2. The predicted octanol–water partition coefficient (Wildman–Crippen LogP) is 6.27. The molecule has 0 aliphatic carbocycles. The lowest BCUT2D eigenvalue weighted by molar-refractivity contribution is 0.572. The van der Waals surface area contributed by atoms with E-state index in [1.54, 1.807) is 0 Å². The molecule has 0 fully saturated rings. The highest BCUT2D eigenvalue weighted by Gasteiger charge is 1.94. The van der Waals surface area contributed by atoms with Crippen molar-refractivity contribution in [2.75, 3.05) is 0 Å². The molecule has 0 N–H and O–H groups in total. The molecular weight excluding hydrogens is 232 g/mol. The standard InChI is InChI=1S/C14H26S2/c1-5-13(3)9-7-11-15-16-12-8-10-14(4)6-2/h7-8,11-14H,5-6,9-10H2,1-4H3/t13-,14-/m1/s1. The topological polar surface area (TPSA) is 0 Å². The van der Waals surface area contributed by atoms with Gasteiger partial charge in [-0.2, -0.15) is 0 Å². The first-order valence-corrected chi connectivity index (χ1v) is 8.60. The molecular formula is C14H26S2. The van der Waals surface area contributed by atoms with Gasteiger partial charge in [0.05, 0.1) is 0 Å². The molecule has 0 aromatic heterocycles. The average Bonchev–Trinajstić information content (AvgIpc) is 2.31. The molecule has 0 aliphatic heterocycles. The van der Waals surface area contributed by atoms with Gasteiger partial charge >= 0.3 is 0 Å². The van der Waals surface area contributed by atoms with Gasteiger partial charge in [-0.25, -0.2) is 0 Å². The highest BCUT2D eigenvalue weighted by molar-refractivity contribution is 8.78. The summed E-state index contributed by atoms with van der Waals surface area (Å²) in [6, 6.07) is 0. The Balaban J connectivity index is 3.38. The molecule has 16 heavy (non-hydrogen) atoms. The van der Waals surface area contributed by atoms with E-state index in [9.17, 15) is 0 Å². The Labute approximate surface area is 110 Å². The van der Waals surface area contributed by atoms with E-state index < -0.39 is 0 Å². The molecule has 0 nitrogen and oxygen atoms in total. The quantitative estimate of drug-likeness (QED) is 0.353. The van der Waals surface area contributed by atoms with E-state index >= 15 is 0 Å². The van der Waals surface area contributed by atoms with Gasteiger partial charge in [0.2, 0.25) is 0 Å². The molecule has 0 bridgehead atoms. The fraction of sp³-hybridized carbons (Fsp3) is 0.714. The van der Waals surface area contributed by atoms with Gasteiger partial charge in [0.1, 0.15) is 0 Å². The van der Waals surface area contributed by atoms with Crippen molar-refractivity contribution < 1.29 is 0 Å². The van der Waals surface area contributed by atoms with E-state index in [-0.39, 0.29) is 0 Å². The second-order valence-corrected chi connectivity index (χ2v) is 6.52. The monoisotopic (exact) mass is 258 g/mol. The van der Waals surface area contributed by atoms with E-state index in [2.05, 4.69) is 50.7 Å². The van der Waals surface area contributed by atoms with Gasteiger partial charge in [-0.3, -0.25) is 0 Å². The predicted molar refractivity (Wildman–Crippen MR) is 81.6 cm³/mol. The summed E-state index contributed by atoms with van der Waals surface area (Å²) < 4.78 is 0. The van der Waals surface area contributed by atoms with Crippen molar-refractivity contribution in [3.8, 4) is 0 Å². The Kier molecular flexibility index (Phi) is 11.8. The molecule has 0 amide bonds. The van der Waals surface area contributed by atoms with Gasteiger partial charge in [0.25, 0.3) is 0 Å². The molecule has 2 heteroatoms. The van der Waals surface area contributed by atoms with Crippen LogP contribution < -0.4 is 0 Å². The molecule has 0 aromatic carbocycles. The van der Waals surface area contributed by atoms with Crippen molar-refractivity contribution in [1.29, 1.82) is 0 Å². The SMILES string of the molecule is CC[C@@H](C)CC=CSSC=CC[C@H](C)CC. The summed E-state index contributed by atoms with van der Waals surface area (Å²) in [5.41, 5.74) is 0. The summed E-state index contributed by atoms with van der Waals surface area (Å²) in [5.74, 6) is 1.64. The van der Waals surface area contributed by atoms with Crippen LogP contribution in [-0.4, -0.2) is 0 Å². The molecule has 0 saturated carbocycles. The van der Waals surface area contributed by atoms with Gasteiger partial charge in [-0.15, -0.1) is 0 Å². The van der Waals surface area contributed by atoms with Gasteiger partial charge in [-0.05, 0) is 35.5 Å². The third-order valence-corrected chi connectivity index (χ3v) is 4.55. The van der Waals surface area contributed by atoms with Crippen LogP contribution in [0.25, 0.3) is 0 Å². The minimum atomic E-state index is 0.822. The van der Waals surface area contributed by atoms with Gasteiger partial charge in [0, 0.05) is 0 Å². The third-order valence-electron chi connectivity index (χ3n) is 2.83. The van der Waals surface area contributed by atoms with Crippen LogP contribution in [0.2, 0.25) is 0 Å². The first-order chi connectivity index (χ1) is 7.70. The molecule has 0 unspecified atom stereocenters. The molecule has 0 aliphatic rings. The lowest BCUT2D eigenvalue weighted by Crippen LogP contribution is -1.87. The Hall–Kier alpha value is 0.180. The van der Waals surface area contributed by atoms with Crippen molar-refractivity contribution in [3.05, 3.63) is 23.0 Å². The fourth-order valence-corrected chi connectivity index (χ4v) is 2.42. The van der Waals surface area contributed by atoms with Crippen LogP contribution >= 0.6 is 21.6 Å². The van der Waals surface area contributed by atoms with Crippen LogP contribution in [0.4, 0.5) is 0 Å². The molecule has 94 valence electrons. The third kappa shape index (κ3) is 10.7. The molecule has 0 aromatic rings. The summed E-state index contributed by atoms with van der Waals surface area (Å²) in [6.07, 6.45) is 9.54. The number of allylic oxidation sites excluding steroid dienone is 2. The normalized spacial score (nSPS) is 16.0. The average molecular weight is 258 g/mol. The maximum absolute atomic E-state index is 2.30. The van der Waals surface area contributed by atoms with Crippen molar-refractivity contribution in [2.24, 2.45) is 11.8 Å². The van der Waals surface area contributed by atoms with Gasteiger partial charge < -0.3 is 0 Å². The van der Waals surface area contributed by atoms with E-state index in [0.29, 0.717) is 0 Å². The first kappa shape index (κ1) is 16.2. The van der Waals surface area contributed by atoms with Crippen LogP contribution in [0.1, 0.15) is 53.4 Å². The summed E-state index contributed by atoms with van der Waals surface area (Å²) >= 11 is 0. The summed E-state index contributed by atoms with van der Waals surface area (Å²) in [7, 11) is 3.63. The van der Waals surface area contributed by atoms with Gasteiger partial charge in [-0.1, -0.05) is 74.3 Å². The highest BCUT2D eigenvalue weighted by Crippen LogP contribution is 2.25. The molecule has 0 saturated heterocycles. The van der Waals surface area contributed by atoms with Crippen LogP contribution in [-0.2, 0) is 0 Å². The fourth-order valence-electron chi connectivity index (χ4n) is 1.05. The second-order valence-electron chi connectivity index (χ2n) is 4.43. The van der Waals surface area contributed by atoms with Crippen LogP contribution in [0, 0.1) is 11.8 Å². The van der Waals surface area contributed by atoms with E-state index in [4.69, 9.17) is 0 Å². The van der Waals surface area contributed by atoms with Gasteiger partial charge in [0.15, 0.2) is 0 Å². The van der Waals surface area contributed by atoms with Crippen molar-refractivity contribution >= 4 is 21.6 Å². The summed E-state index contributed by atoms with van der Waals surface area (Å²) in [5, 5.41) is 4.43. The van der Waals surface area contributed by atoms with E-state index in [1.165, 1.54) is 25.7 Å². The minimum Gasteiger partial charge on any atom is -0.0771 e. The van der Waals surface area contributed by atoms with E-state index in [0.717, 1.165) is 11.8 Å². The molecule has 0 rings (SSSR count). The second kappa shape index (κ2) is 11.7. The Morgan fingerprint density at radius 2 is 1.19 bits per heavy atom. The number of hydrogen-bond acceptors (Lipinski definition) is 2. The molecule has 0 heterocycles. The minimum absolute atomic E-state index is 0.822. The maximum atomic E-state index is 2.30. The summed E-state index contributed by atoms with van der Waals surface area (Å²) in [6.45, 7) is 9.10. The Bertz CT molecular complexity index is 175. The van der Waals surface area contributed by atoms with Crippen molar-refractivity contribution in [1.82, 2.24) is 0 Å². The number of hydrogen-bond donors (Lipinski definition) is 0. The zero-order valence-corrected chi connectivity index (χ0v) is 12.7. The smallest absolute Gasteiger partial charge is 0.0218 e. The Morgan fingerprint density at radius 3 is 1.50 bits per heavy atom. The number of rotatable bonds is 9. The molecule has 0 radical (unpaired) electrons. The largest absolute Gasteiger partial charge is 0.0771 e. The van der Waals surface area contributed by atoms with Crippen molar-refractivity contribution in [2.45, 2.75) is 53.4 Å². The summed E-state index contributed by atoms with van der Waals surface area (Å²) in [4.78, 5) is 0. The van der Waals surface area contributed by atoms with Crippen LogP contribution in [0.5, 0.6) is 0 Å². The molecule has 0 spiro atoms. The lowest BCUT2D eigenvalue weighted by atomic mass is 10.1. The van der Waals surface area contributed by atoms with Crippen LogP contribution in [0.15, 0.2) is 23.0 Å². The van der Waals surface area contributed by atoms with Crippen molar-refractivity contribution in [3.63, 3.8) is 0 Å². The zero-order valence-electron chi connectivity index (χ0n) is 11.1. The lowest BCUT2D eigenvalue weighted by Gasteiger charge is -2.02. The Morgan fingerprint density at radius 1 is 0.812 bits per heavy atom. The molecule has 2 atom stereocenters. The highest BCUT2D eigenvalue weighted by atomic mass is 33.1. The maximum Gasteiger partial charge on any atom is -0.0218 e. The van der Waals surface area contributed by atoms with E-state index in [1.807, 2.05) is 21.6 Å². The van der Waals surface area contributed by atoms with Crippen LogP contribution in [0.3, 0.4) is 0 Å².